The van der Waals surface area contributed by atoms with Crippen molar-refractivity contribution < 1.29 is 22.7 Å². The second kappa shape index (κ2) is 8.08. The molecule has 1 aromatic carbocycles. The maximum absolute atomic E-state index is 12.6. The fourth-order valence-electron chi connectivity index (χ4n) is 3.96. The molecule has 0 spiro atoms. The van der Waals surface area contributed by atoms with Crippen LogP contribution in [0.5, 0.6) is 0 Å². The van der Waals surface area contributed by atoms with E-state index in [1.165, 1.54) is 12.0 Å². The van der Waals surface area contributed by atoms with Crippen LogP contribution in [0.1, 0.15) is 36.8 Å². The molecular weight excluding hydrogens is 368 g/mol. The normalized spacial score (nSPS) is 23.0. The largest absolute Gasteiger partial charge is 0.383 e. The number of benzene rings is 1. The van der Waals surface area contributed by atoms with Gasteiger partial charge in [0.2, 0.25) is 21.8 Å². The Morgan fingerprint density at radius 1 is 1.15 bits per heavy atom. The smallest absolute Gasteiger partial charge is 0.240 e. The molecule has 27 heavy (non-hydrogen) atoms. The van der Waals surface area contributed by atoms with E-state index in [9.17, 15) is 18.0 Å². The highest BCUT2D eigenvalue weighted by molar-refractivity contribution is 7.89. The molecule has 0 bridgehead atoms. The zero-order chi connectivity index (χ0) is 19.6. The monoisotopic (exact) mass is 394 g/mol. The van der Waals surface area contributed by atoms with E-state index in [-0.39, 0.29) is 48.2 Å². The molecule has 1 aromatic rings. The molecule has 0 unspecified atom stereocenters. The molecule has 8 heteroatoms. The van der Waals surface area contributed by atoms with Gasteiger partial charge in [0.05, 0.1) is 29.9 Å². The molecule has 3 rings (SSSR count). The minimum atomic E-state index is -3.69. The average molecular weight is 394 g/mol. The van der Waals surface area contributed by atoms with Crippen LogP contribution in [0.2, 0.25) is 0 Å². The number of likely N-dealkylation sites (tertiary alicyclic amines) is 1. The van der Waals surface area contributed by atoms with Gasteiger partial charge in [0.25, 0.3) is 0 Å². The van der Waals surface area contributed by atoms with Gasteiger partial charge >= 0.3 is 0 Å². The fraction of sp³-hybridized carbons (Fsp3) is 0.579. The predicted molar refractivity (Wildman–Crippen MR) is 99.2 cm³/mol. The summed E-state index contributed by atoms with van der Waals surface area (Å²) in [4.78, 5) is 26.7. The summed E-state index contributed by atoms with van der Waals surface area (Å²) in [5.74, 6) is -0.632. The molecule has 0 aromatic heterocycles. The minimum Gasteiger partial charge on any atom is -0.383 e. The summed E-state index contributed by atoms with van der Waals surface area (Å²) >= 11 is 0. The van der Waals surface area contributed by atoms with Crippen LogP contribution in [0.4, 0.5) is 0 Å². The second-order valence-corrected chi connectivity index (χ2v) is 8.99. The summed E-state index contributed by atoms with van der Waals surface area (Å²) in [6.45, 7) is 2.29. The van der Waals surface area contributed by atoms with Gasteiger partial charge in [-0.25, -0.2) is 13.1 Å². The quantitative estimate of drug-likeness (QED) is 0.560. The van der Waals surface area contributed by atoms with Crippen molar-refractivity contribution in [2.24, 2.45) is 11.8 Å². The van der Waals surface area contributed by atoms with E-state index in [1.54, 1.807) is 25.1 Å². The van der Waals surface area contributed by atoms with Crippen molar-refractivity contribution in [3.05, 3.63) is 29.3 Å². The first-order valence-corrected chi connectivity index (χ1v) is 10.8. The molecule has 1 heterocycles. The number of aryl methyl sites for hydroxylation is 1. The van der Waals surface area contributed by atoms with Crippen LogP contribution in [0.15, 0.2) is 23.1 Å². The second-order valence-electron chi connectivity index (χ2n) is 7.25. The molecule has 1 aliphatic heterocycles. The molecule has 1 aliphatic carbocycles. The lowest BCUT2D eigenvalue weighted by molar-refractivity contribution is -0.140. The number of methoxy groups -OCH3 is 1. The predicted octanol–water partition coefficient (Wildman–Crippen LogP) is 1.59. The van der Waals surface area contributed by atoms with E-state index in [4.69, 9.17) is 4.74 Å². The highest BCUT2D eigenvalue weighted by Crippen LogP contribution is 2.38. The van der Waals surface area contributed by atoms with E-state index < -0.39 is 10.0 Å². The van der Waals surface area contributed by atoms with Gasteiger partial charge in [-0.15, -0.1) is 0 Å². The third-order valence-electron chi connectivity index (χ3n) is 5.41. The van der Waals surface area contributed by atoms with Crippen molar-refractivity contribution in [3.63, 3.8) is 0 Å². The molecule has 1 saturated carbocycles. The van der Waals surface area contributed by atoms with E-state index in [0.29, 0.717) is 11.1 Å². The number of sulfonamides is 1. The summed E-state index contributed by atoms with van der Waals surface area (Å²) in [6, 6.07) is 5.03. The van der Waals surface area contributed by atoms with Gasteiger partial charge in [-0.2, -0.15) is 0 Å². The van der Waals surface area contributed by atoms with Crippen LogP contribution >= 0.6 is 0 Å². The number of carbonyl (C=O) groups excluding carboxylic acids is 2. The molecule has 1 N–H and O–H groups in total. The number of carbonyl (C=O) groups is 2. The number of imide groups is 1. The number of nitrogens with one attached hydrogen (secondary N) is 1. The number of hydrogen-bond donors (Lipinski definition) is 1. The van der Waals surface area contributed by atoms with Crippen molar-refractivity contribution >= 4 is 21.8 Å². The molecule has 2 amide bonds. The van der Waals surface area contributed by atoms with Crippen LogP contribution < -0.4 is 4.72 Å². The van der Waals surface area contributed by atoms with E-state index >= 15 is 0 Å². The van der Waals surface area contributed by atoms with Crippen molar-refractivity contribution in [3.8, 4) is 0 Å². The highest BCUT2D eigenvalue weighted by atomic mass is 32.2. The summed E-state index contributed by atoms with van der Waals surface area (Å²) in [7, 11) is -2.18. The Morgan fingerprint density at radius 3 is 2.37 bits per heavy atom. The first-order valence-electron chi connectivity index (χ1n) is 9.28. The summed E-state index contributed by atoms with van der Waals surface area (Å²) in [6.07, 6.45) is 3.49. The molecule has 0 radical (unpaired) electrons. The Hall–Kier alpha value is -1.77. The Labute approximate surface area is 160 Å². The van der Waals surface area contributed by atoms with Crippen LogP contribution in [-0.2, 0) is 30.9 Å². The molecule has 1 saturated heterocycles. The number of amides is 2. The standard InChI is InChI=1S/C19H26N2O5S/c1-13-7-8-14(11-17(13)27(24,25)20-9-10-26-2)12-21-18(22)15-5-3-4-6-16(15)19(21)23/h7-8,11,15-16,20H,3-6,9-10,12H2,1-2H3/t15-,16-/m0/s1. The lowest BCUT2D eigenvalue weighted by Crippen LogP contribution is -2.31. The van der Waals surface area contributed by atoms with Crippen LogP contribution in [-0.4, -0.2) is 45.4 Å². The Bertz CT molecular complexity index is 813. The third-order valence-corrected chi connectivity index (χ3v) is 7.02. The van der Waals surface area contributed by atoms with Gasteiger partial charge in [0.1, 0.15) is 0 Å². The molecule has 2 atom stereocenters. The molecule has 148 valence electrons. The maximum atomic E-state index is 12.6. The summed E-state index contributed by atoms with van der Waals surface area (Å²) in [5, 5.41) is 0. The van der Waals surface area contributed by atoms with E-state index in [2.05, 4.69) is 4.72 Å². The number of hydrogen-bond acceptors (Lipinski definition) is 5. The molecule has 2 fully saturated rings. The van der Waals surface area contributed by atoms with E-state index in [0.717, 1.165) is 25.7 Å². The number of rotatable bonds is 7. The number of fused-ring (bicyclic) bond motifs is 1. The van der Waals surface area contributed by atoms with Crippen LogP contribution in [0, 0.1) is 18.8 Å². The van der Waals surface area contributed by atoms with Gasteiger partial charge in [-0.05, 0) is 37.0 Å². The average Bonchev–Trinajstić information content (AvgIpc) is 2.88. The zero-order valence-corrected chi connectivity index (χ0v) is 16.5. The van der Waals surface area contributed by atoms with Crippen molar-refractivity contribution in [2.45, 2.75) is 44.0 Å². The fourth-order valence-corrected chi connectivity index (χ4v) is 5.26. The van der Waals surface area contributed by atoms with Gasteiger partial charge in [-0.1, -0.05) is 25.0 Å². The Kier molecular flexibility index (Phi) is 5.98. The lowest BCUT2D eigenvalue weighted by atomic mass is 9.81. The molecule has 2 aliphatic rings. The SMILES string of the molecule is COCCNS(=O)(=O)c1cc(CN2C(=O)[C@H]3CCCC[C@@H]3C2=O)ccc1C. The van der Waals surface area contributed by atoms with Crippen molar-refractivity contribution in [1.29, 1.82) is 0 Å². The van der Waals surface area contributed by atoms with E-state index in [1.807, 2.05) is 0 Å². The molecule has 7 nitrogen and oxygen atoms in total. The topological polar surface area (TPSA) is 92.8 Å². The number of ether oxygens (including phenoxy) is 1. The number of nitrogens with zero attached hydrogens (tertiary/aromatic N) is 1. The van der Waals surface area contributed by atoms with Gasteiger partial charge < -0.3 is 4.74 Å². The van der Waals surface area contributed by atoms with Gasteiger partial charge in [0.15, 0.2) is 0 Å². The lowest BCUT2D eigenvalue weighted by Gasteiger charge is -2.19. The van der Waals surface area contributed by atoms with Crippen molar-refractivity contribution in [2.75, 3.05) is 20.3 Å². The van der Waals surface area contributed by atoms with Crippen LogP contribution in [0.25, 0.3) is 0 Å². The molecular formula is C19H26N2O5S. The Morgan fingerprint density at radius 2 is 1.78 bits per heavy atom. The van der Waals surface area contributed by atoms with Gasteiger partial charge in [-0.3, -0.25) is 14.5 Å². The highest BCUT2D eigenvalue weighted by Gasteiger charge is 2.47. The van der Waals surface area contributed by atoms with Gasteiger partial charge in [0, 0.05) is 13.7 Å². The summed E-state index contributed by atoms with van der Waals surface area (Å²) in [5.41, 5.74) is 1.24. The summed E-state index contributed by atoms with van der Waals surface area (Å²) < 4.78 is 32.4. The minimum absolute atomic E-state index is 0.117. The maximum Gasteiger partial charge on any atom is 0.240 e. The van der Waals surface area contributed by atoms with Crippen molar-refractivity contribution in [1.82, 2.24) is 9.62 Å². The van der Waals surface area contributed by atoms with Crippen LogP contribution in [0.3, 0.4) is 0 Å². The first kappa shape index (κ1) is 20.0. The third kappa shape index (κ3) is 4.07. The first-order chi connectivity index (χ1) is 12.8. The Balaban J connectivity index is 1.80. The zero-order valence-electron chi connectivity index (χ0n) is 15.7.